The van der Waals surface area contributed by atoms with E-state index in [1.54, 1.807) is 29.1 Å². The predicted molar refractivity (Wildman–Crippen MR) is 102 cm³/mol. The van der Waals surface area contributed by atoms with Gasteiger partial charge < -0.3 is 5.32 Å². The molecule has 1 fully saturated rings. The molecular weight excluding hydrogens is 374 g/mol. The average molecular weight is 396 g/mol. The van der Waals surface area contributed by atoms with Gasteiger partial charge in [0.2, 0.25) is 5.91 Å². The molecule has 1 amide bonds. The molecule has 0 spiro atoms. The number of aromatic nitrogens is 2. The Balaban J connectivity index is 1.56. The number of anilines is 1. The van der Waals surface area contributed by atoms with Crippen LogP contribution in [-0.4, -0.2) is 35.1 Å². The van der Waals surface area contributed by atoms with E-state index in [4.69, 9.17) is 11.6 Å². The molecule has 0 aliphatic heterocycles. The molecule has 1 N–H and O–H groups in total. The third-order valence-corrected chi connectivity index (χ3v) is 7.17. The summed E-state index contributed by atoms with van der Waals surface area (Å²) in [4.78, 5) is 12.2. The number of sulfone groups is 1. The Morgan fingerprint density at radius 2 is 1.88 bits per heavy atom. The van der Waals surface area contributed by atoms with Gasteiger partial charge in [0.15, 0.2) is 9.84 Å². The van der Waals surface area contributed by atoms with Gasteiger partial charge in [0.05, 0.1) is 23.7 Å². The van der Waals surface area contributed by atoms with Crippen LogP contribution >= 0.6 is 11.6 Å². The summed E-state index contributed by atoms with van der Waals surface area (Å²) in [7, 11) is -3.19. The Labute approximate surface area is 158 Å². The summed E-state index contributed by atoms with van der Waals surface area (Å²) in [6.07, 6.45) is 4.92. The number of rotatable bonds is 7. The van der Waals surface area contributed by atoms with Gasteiger partial charge in [-0.25, -0.2) is 13.1 Å². The zero-order chi connectivity index (χ0) is 18.6. The van der Waals surface area contributed by atoms with Gasteiger partial charge in [-0.3, -0.25) is 4.79 Å². The van der Waals surface area contributed by atoms with Gasteiger partial charge in [0, 0.05) is 17.5 Å². The summed E-state index contributed by atoms with van der Waals surface area (Å²) in [5.74, 6) is 0.127. The number of carbonyl (C=O) groups excluding carboxylic acids is 1. The van der Waals surface area contributed by atoms with E-state index >= 15 is 0 Å². The van der Waals surface area contributed by atoms with Crippen LogP contribution in [0, 0.1) is 0 Å². The fourth-order valence-electron chi connectivity index (χ4n) is 3.18. The van der Waals surface area contributed by atoms with Crippen molar-refractivity contribution in [1.82, 2.24) is 9.78 Å². The molecule has 2 aromatic rings. The smallest absolute Gasteiger partial charge is 0.226 e. The molecule has 8 heteroatoms. The maximum Gasteiger partial charge on any atom is 0.226 e. The first-order valence-corrected chi connectivity index (χ1v) is 10.8. The van der Waals surface area contributed by atoms with Crippen LogP contribution in [0.5, 0.6) is 0 Å². The Morgan fingerprint density at radius 1 is 1.19 bits per heavy atom. The Hall–Kier alpha value is -1.86. The van der Waals surface area contributed by atoms with Gasteiger partial charge in [-0.05, 0) is 30.5 Å². The maximum absolute atomic E-state index is 12.3. The van der Waals surface area contributed by atoms with Crippen molar-refractivity contribution in [1.29, 1.82) is 0 Å². The lowest BCUT2D eigenvalue weighted by molar-refractivity contribution is -0.115. The van der Waals surface area contributed by atoms with Crippen molar-refractivity contribution in [3.8, 4) is 0 Å². The Bertz CT molecular complexity index is 856. The molecule has 0 unspecified atom stereocenters. The quantitative estimate of drug-likeness (QED) is 0.780. The second-order valence-corrected chi connectivity index (χ2v) is 9.41. The Morgan fingerprint density at radius 3 is 2.58 bits per heavy atom. The van der Waals surface area contributed by atoms with Crippen LogP contribution in [0.1, 0.15) is 37.7 Å². The molecule has 1 aromatic heterocycles. The molecule has 3 rings (SSSR count). The first-order valence-electron chi connectivity index (χ1n) is 8.72. The first kappa shape index (κ1) is 18.9. The van der Waals surface area contributed by atoms with E-state index in [9.17, 15) is 13.2 Å². The molecule has 1 aromatic carbocycles. The number of benzene rings is 1. The van der Waals surface area contributed by atoms with Gasteiger partial charge in [-0.2, -0.15) is 5.10 Å². The summed E-state index contributed by atoms with van der Waals surface area (Å²) in [5, 5.41) is 7.35. The van der Waals surface area contributed by atoms with Crippen LogP contribution in [0.3, 0.4) is 0 Å². The molecule has 1 heterocycles. The minimum atomic E-state index is -3.19. The maximum atomic E-state index is 12.3. The number of halogens is 1. The van der Waals surface area contributed by atoms with Crippen molar-refractivity contribution in [2.75, 3.05) is 11.1 Å². The lowest BCUT2D eigenvalue weighted by atomic mass is 10.2. The van der Waals surface area contributed by atoms with E-state index in [-0.39, 0.29) is 23.3 Å². The predicted octanol–water partition coefficient (Wildman–Crippen LogP) is 3.27. The lowest BCUT2D eigenvalue weighted by Crippen LogP contribution is -2.25. The fraction of sp³-hybridized carbons (Fsp3) is 0.444. The van der Waals surface area contributed by atoms with E-state index < -0.39 is 9.84 Å². The summed E-state index contributed by atoms with van der Waals surface area (Å²) in [6.45, 7) is 0.486. The molecule has 26 heavy (non-hydrogen) atoms. The SMILES string of the molecule is O=C(CCS(=O)(=O)C1CCCC1)Nc1ccnn1Cc1ccc(Cl)cc1. The van der Waals surface area contributed by atoms with E-state index in [1.165, 1.54) is 0 Å². The van der Waals surface area contributed by atoms with Gasteiger partial charge in [0.25, 0.3) is 0 Å². The van der Waals surface area contributed by atoms with Crippen molar-refractivity contribution >= 4 is 33.2 Å². The summed E-state index contributed by atoms with van der Waals surface area (Å²) in [6, 6.07) is 9.08. The van der Waals surface area contributed by atoms with E-state index in [1.807, 2.05) is 12.1 Å². The molecule has 0 bridgehead atoms. The number of nitrogens with one attached hydrogen (secondary N) is 1. The van der Waals surface area contributed by atoms with Crippen molar-refractivity contribution in [2.24, 2.45) is 0 Å². The first-order chi connectivity index (χ1) is 12.4. The highest BCUT2D eigenvalue weighted by Crippen LogP contribution is 2.25. The minimum absolute atomic E-state index is 0.0367. The van der Waals surface area contributed by atoms with Crippen LogP contribution < -0.4 is 5.32 Å². The van der Waals surface area contributed by atoms with Crippen molar-refractivity contribution in [3.05, 3.63) is 47.1 Å². The van der Waals surface area contributed by atoms with Gasteiger partial charge >= 0.3 is 0 Å². The third-order valence-electron chi connectivity index (χ3n) is 4.65. The fourth-order valence-corrected chi connectivity index (χ4v) is 5.16. The van der Waals surface area contributed by atoms with Crippen LogP contribution in [-0.2, 0) is 21.2 Å². The molecule has 1 aliphatic rings. The topological polar surface area (TPSA) is 81.1 Å². The van der Waals surface area contributed by atoms with Crippen LogP contribution in [0.15, 0.2) is 36.5 Å². The van der Waals surface area contributed by atoms with Gasteiger partial charge in [-0.15, -0.1) is 0 Å². The molecule has 0 atom stereocenters. The van der Waals surface area contributed by atoms with Crippen LogP contribution in [0.4, 0.5) is 5.82 Å². The van der Waals surface area contributed by atoms with Gasteiger partial charge in [0.1, 0.15) is 5.82 Å². The van der Waals surface area contributed by atoms with Crippen molar-refractivity contribution in [2.45, 2.75) is 43.9 Å². The molecule has 1 saturated carbocycles. The number of amides is 1. The molecule has 0 radical (unpaired) electrons. The average Bonchev–Trinajstić information content (AvgIpc) is 3.28. The number of carbonyl (C=O) groups is 1. The summed E-state index contributed by atoms with van der Waals surface area (Å²) < 4.78 is 26.2. The van der Waals surface area contributed by atoms with Crippen LogP contribution in [0.25, 0.3) is 0 Å². The van der Waals surface area contributed by atoms with Gasteiger partial charge in [-0.1, -0.05) is 36.6 Å². The zero-order valence-electron chi connectivity index (χ0n) is 14.4. The van der Waals surface area contributed by atoms with E-state index in [0.29, 0.717) is 17.4 Å². The van der Waals surface area contributed by atoms with Crippen molar-refractivity contribution in [3.63, 3.8) is 0 Å². The summed E-state index contributed by atoms with van der Waals surface area (Å²) in [5.41, 5.74) is 0.998. The highest BCUT2D eigenvalue weighted by atomic mass is 35.5. The normalized spacial score (nSPS) is 15.3. The van der Waals surface area contributed by atoms with Crippen LogP contribution in [0.2, 0.25) is 5.02 Å². The molecule has 1 aliphatic carbocycles. The minimum Gasteiger partial charge on any atom is -0.311 e. The standard InChI is InChI=1S/C18H22ClN3O3S/c19-15-7-5-14(6-8-15)13-22-17(9-11-20-22)21-18(23)10-12-26(24,25)16-3-1-2-4-16/h5-9,11,16H,1-4,10,12-13H2,(H,21,23). The zero-order valence-corrected chi connectivity index (χ0v) is 16.0. The number of hydrogen-bond acceptors (Lipinski definition) is 4. The molecule has 140 valence electrons. The van der Waals surface area contributed by atoms with E-state index in [0.717, 1.165) is 31.2 Å². The second-order valence-electron chi connectivity index (χ2n) is 6.57. The number of hydrogen-bond donors (Lipinski definition) is 1. The highest BCUT2D eigenvalue weighted by Gasteiger charge is 2.28. The highest BCUT2D eigenvalue weighted by molar-refractivity contribution is 7.92. The lowest BCUT2D eigenvalue weighted by Gasteiger charge is -2.12. The monoisotopic (exact) mass is 395 g/mol. The van der Waals surface area contributed by atoms with E-state index in [2.05, 4.69) is 10.4 Å². The Kier molecular flexibility index (Phi) is 5.98. The largest absolute Gasteiger partial charge is 0.311 e. The molecule has 6 nitrogen and oxygen atoms in total. The molecule has 0 saturated heterocycles. The van der Waals surface area contributed by atoms with Crippen molar-refractivity contribution < 1.29 is 13.2 Å². The second kappa shape index (κ2) is 8.22. The molecular formula is C18H22ClN3O3S. The summed E-state index contributed by atoms with van der Waals surface area (Å²) >= 11 is 5.88. The number of nitrogens with zero attached hydrogens (tertiary/aromatic N) is 2. The third kappa shape index (κ3) is 4.86.